The predicted octanol–water partition coefficient (Wildman–Crippen LogP) is 3.57. The highest BCUT2D eigenvalue weighted by Gasteiger charge is 2.50. The summed E-state index contributed by atoms with van der Waals surface area (Å²) in [4.78, 5) is 26.8. The van der Waals surface area contributed by atoms with Gasteiger partial charge < -0.3 is 44.3 Å². The first kappa shape index (κ1) is 45.0. The van der Waals surface area contributed by atoms with E-state index in [1.807, 2.05) is 46.0 Å². The summed E-state index contributed by atoms with van der Waals surface area (Å²) in [6.45, 7) is 19.0. The van der Waals surface area contributed by atoms with Crippen LogP contribution >= 0.6 is 0 Å². The van der Waals surface area contributed by atoms with Gasteiger partial charge in [0.05, 0.1) is 44.1 Å². The summed E-state index contributed by atoms with van der Waals surface area (Å²) < 4.78 is 27.7. The van der Waals surface area contributed by atoms with Crippen LogP contribution in [-0.4, -0.2) is 134 Å². The van der Waals surface area contributed by atoms with Crippen LogP contribution in [0.4, 0.5) is 0 Å². The molecule has 0 aromatic rings. The summed E-state index contributed by atoms with van der Waals surface area (Å²) >= 11 is 0. The number of carbonyl (C=O) groups excluding carboxylic acids is 2. The molecule has 0 bridgehead atoms. The van der Waals surface area contributed by atoms with E-state index in [1.165, 1.54) is 19.9 Å². The molecule has 0 saturated carbocycles. The van der Waals surface area contributed by atoms with Gasteiger partial charge in [0.1, 0.15) is 23.9 Å². The molecule has 2 fully saturated rings. The van der Waals surface area contributed by atoms with Gasteiger partial charge in [-0.2, -0.15) is 0 Å². The van der Waals surface area contributed by atoms with Crippen molar-refractivity contribution in [2.75, 3.05) is 53.6 Å². The Morgan fingerprint density at radius 3 is 2.49 bits per heavy atom. The molecule has 51 heavy (non-hydrogen) atoms. The minimum atomic E-state index is -1.42. The maximum absolute atomic E-state index is 12.6. The first-order valence-corrected chi connectivity index (χ1v) is 18.8. The quantitative estimate of drug-likeness (QED) is 0.0680. The number of aliphatic hydroxyl groups is 3. The lowest BCUT2D eigenvalue weighted by Crippen LogP contribution is -2.42. The van der Waals surface area contributed by atoms with E-state index in [0.717, 1.165) is 44.8 Å². The van der Waals surface area contributed by atoms with Crippen molar-refractivity contribution in [3.8, 4) is 0 Å². The largest absolute Gasteiger partial charge is 0.457 e. The number of rotatable bonds is 14. The molecule has 0 aliphatic carbocycles. The van der Waals surface area contributed by atoms with Crippen LogP contribution in [-0.2, 0) is 33.3 Å². The molecule has 3 rings (SSSR count). The van der Waals surface area contributed by atoms with Crippen LogP contribution in [0.5, 0.6) is 0 Å². The highest BCUT2D eigenvalue weighted by Crippen LogP contribution is 2.37. The lowest BCUT2D eigenvalue weighted by atomic mass is 9.88. The number of nitrogens with one attached hydrogen (secondary N) is 1. The van der Waals surface area contributed by atoms with Crippen molar-refractivity contribution in [3.63, 3.8) is 0 Å². The zero-order chi connectivity index (χ0) is 38.1. The Morgan fingerprint density at radius 2 is 1.88 bits per heavy atom. The number of methoxy groups -OCH3 is 1. The van der Waals surface area contributed by atoms with Gasteiger partial charge in [-0.05, 0) is 71.3 Å². The summed E-state index contributed by atoms with van der Waals surface area (Å²) in [5.74, 6) is -1.39. The van der Waals surface area contributed by atoms with Gasteiger partial charge in [-0.3, -0.25) is 14.5 Å². The van der Waals surface area contributed by atoms with Crippen molar-refractivity contribution in [2.45, 2.75) is 129 Å². The third-order valence-electron chi connectivity index (χ3n) is 10.1. The lowest BCUT2D eigenvalue weighted by Gasteiger charge is -2.32. The highest BCUT2D eigenvalue weighted by molar-refractivity contribution is 5.70. The molecule has 11 atom stereocenters. The molecule has 3 aliphatic heterocycles. The number of hydrogen-bond donors (Lipinski definition) is 4. The second kappa shape index (κ2) is 22.8. The summed E-state index contributed by atoms with van der Waals surface area (Å²) in [6.07, 6.45) is 7.67. The van der Waals surface area contributed by atoms with E-state index in [9.17, 15) is 24.9 Å². The molecule has 3 aliphatic rings. The third kappa shape index (κ3) is 15.8. The monoisotopic (exact) mass is 724 g/mol. The molecular formula is C39H68N2O10. The molecular weight excluding hydrogens is 656 g/mol. The van der Waals surface area contributed by atoms with E-state index in [0.29, 0.717) is 0 Å². The van der Waals surface area contributed by atoms with Gasteiger partial charge in [-0.15, -0.1) is 0 Å². The normalized spacial score (nSPS) is 32.6. The Kier molecular flexibility index (Phi) is 20.1. The number of cyclic esters (lactones) is 1. The molecule has 3 heterocycles. The topological polar surface area (TPSA) is 160 Å². The van der Waals surface area contributed by atoms with Crippen LogP contribution in [0.1, 0.15) is 80.6 Å². The molecule has 0 aromatic carbocycles. The van der Waals surface area contributed by atoms with Gasteiger partial charge in [0, 0.05) is 44.9 Å². The SMILES string of the molecule is CCC(OC)C(C)C1OC1C(O)C(C)/C=C/C=C(\C)C1OC(=O)CC(O)CCC(C)(O)C(OC(C)=O)/C=C/C1C.CNCCCN1CCOCC1. The van der Waals surface area contributed by atoms with Crippen LogP contribution < -0.4 is 5.32 Å². The predicted molar refractivity (Wildman–Crippen MR) is 197 cm³/mol. The average molecular weight is 725 g/mol. The molecule has 11 unspecified atom stereocenters. The van der Waals surface area contributed by atoms with Crippen molar-refractivity contribution >= 4 is 11.9 Å². The number of epoxide rings is 1. The van der Waals surface area contributed by atoms with E-state index in [2.05, 4.69) is 24.1 Å². The molecule has 0 spiro atoms. The van der Waals surface area contributed by atoms with E-state index in [1.54, 1.807) is 26.2 Å². The van der Waals surface area contributed by atoms with Crippen molar-refractivity contribution in [3.05, 3.63) is 36.0 Å². The molecule has 0 aromatic heterocycles. The van der Waals surface area contributed by atoms with Gasteiger partial charge in [0.15, 0.2) is 0 Å². The van der Waals surface area contributed by atoms with Crippen molar-refractivity contribution < 1.29 is 48.6 Å². The van der Waals surface area contributed by atoms with Gasteiger partial charge in [-0.1, -0.05) is 52.0 Å². The fourth-order valence-electron chi connectivity index (χ4n) is 6.62. The van der Waals surface area contributed by atoms with E-state index in [4.69, 9.17) is 23.7 Å². The molecule has 12 heteroatoms. The second-order valence-electron chi connectivity index (χ2n) is 14.6. The number of hydrogen-bond acceptors (Lipinski definition) is 12. The Hall–Kier alpha value is -2.16. The van der Waals surface area contributed by atoms with Gasteiger partial charge in [0.25, 0.3) is 0 Å². The number of esters is 2. The van der Waals surface area contributed by atoms with E-state index >= 15 is 0 Å². The zero-order valence-corrected chi connectivity index (χ0v) is 32.6. The van der Waals surface area contributed by atoms with Crippen molar-refractivity contribution in [2.24, 2.45) is 17.8 Å². The maximum Gasteiger partial charge on any atom is 0.309 e. The van der Waals surface area contributed by atoms with Gasteiger partial charge in [-0.25, -0.2) is 0 Å². The fraction of sp³-hybridized carbons (Fsp3) is 0.795. The van der Waals surface area contributed by atoms with Gasteiger partial charge in [0.2, 0.25) is 0 Å². The Balaban J connectivity index is 0.000000694. The van der Waals surface area contributed by atoms with Crippen LogP contribution in [0.2, 0.25) is 0 Å². The number of carbonyl (C=O) groups is 2. The zero-order valence-electron chi connectivity index (χ0n) is 32.6. The highest BCUT2D eigenvalue weighted by atomic mass is 16.6. The number of ether oxygens (including phenoxy) is 5. The van der Waals surface area contributed by atoms with Crippen molar-refractivity contribution in [1.82, 2.24) is 10.2 Å². The Labute approximate surface area is 306 Å². The number of nitrogens with zero attached hydrogens (tertiary/aromatic N) is 1. The van der Waals surface area contributed by atoms with Crippen molar-refractivity contribution in [1.29, 1.82) is 0 Å². The molecule has 4 N–H and O–H groups in total. The van der Waals surface area contributed by atoms with Crippen LogP contribution in [0.25, 0.3) is 0 Å². The minimum absolute atomic E-state index is 0.0387. The first-order valence-electron chi connectivity index (χ1n) is 18.8. The summed E-state index contributed by atoms with van der Waals surface area (Å²) in [5, 5.41) is 35.3. The standard InChI is InChI=1S/C31H50O9.C8H18N2O/c1-9-24(37-8)21(5)29-30(40-29)27(35)18(2)11-10-12-19(3)28-20(4)13-14-25(38-22(6)32)31(7,36)16-15-23(33)17-26(34)39-28;1-9-3-2-4-10-5-7-11-8-6-10/h10-14,18,20-21,23-25,27-30,33,35-36H,9,15-17H2,1-8H3;9H,2-8H2,1H3/b11-10+,14-13+,19-12+;. The molecule has 0 amide bonds. The number of allylic oxidation sites excluding steroid dienone is 2. The minimum Gasteiger partial charge on any atom is -0.457 e. The maximum atomic E-state index is 12.6. The van der Waals surface area contributed by atoms with Gasteiger partial charge >= 0.3 is 11.9 Å². The fourth-order valence-corrected chi connectivity index (χ4v) is 6.62. The van der Waals surface area contributed by atoms with E-state index in [-0.39, 0.29) is 55.3 Å². The molecule has 12 nitrogen and oxygen atoms in total. The summed E-state index contributed by atoms with van der Waals surface area (Å²) in [7, 11) is 3.69. The second-order valence-corrected chi connectivity index (χ2v) is 14.6. The Bertz CT molecular complexity index is 1120. The summed E-state index contributed by atoms with van der Waals surface area (Å²) in [6, 6.07) is 0. The van der Waals surface area contributed by atoms with E-state index < -0.39 is 42.0 Å². The Morgan fingerprint density at radius 1 is 1.20 bits per heavy atom. The molecule has 2 saturated heterocycles. The lowest BCUT2D eigenvalue weighted by molar-refractivity contribution is -0.157. The molecule has 294 valence electrons. The van der Waals surface area contributed by atoms with Crippen LogP contribution in [0.3, 0.4) is 0 Å². The third-order valence-corrected chi connectivity index (χ3v) is 10.1. The van der Waals surface area contributed by atoms with Crippen LogP contribution in [0.15, 0.2) is 36.0 Å². The first-order chi connectivity index (χ1) is 24.1. The average Bonchev–Trinajstić information content (AvgIpc) is 3.89. The molecule has 0 radical (unpaired) electrons. The van der Waals surface area contributed by atoms with Crippen LogP contribution in [0, 0.1) is 17.8 Å². The smallest absolute Gasteiger partial charge is 0.309 e. The number of morpholine rings is 1. The number of aliphatic hydroxyl groups excluding tert-OH is 2. The summed E-state index contributed by atoms with van der Waals surface area (Å²) in [5.41, 5.74) is -0.666.